The number of terminal acetylenes is 1. The number of halogens is 1. The van der Waals surface area contributed by atoms with Gasteiger partial charge in [0.25, 0.3) is 0 Å². The minimum Gasteiger partial charge on any atom is -0.480 e. The van der Waals surface area contributed by atoms with Gasteiger partial charge >= 0.3 is 0 Å². The number of hydrogen-bond donors (Lipinski definition) is 0. The Morgan fingerprint density at radius 1 is 1.45 bits per heavy atom. The van der Waals surface area contributed by atoms with E-state index in [1.807, 2.05) is 32.0 Å². The predicted molar refractivity (Wildman–Crippen MR) is 94.2 cm³/mol. The third-order valence-electron chi connectivity index (χ3n) is 3.08. The molecule has 0 amide bonds. The molecule has 22 heavy (non-hydrogen) atoms. The summed E-state index contributed by atoms with van der Waals surface area (Å²) in [5, 5.41) is 9.96. The van der Waals surface area contributed by atoms with E-state index < -0.39 is 0 Å². The zero-order valence-corrected chi connectivity index (χ0v) is 14.6. The van der Waals surface area contributed by atoms with E-state index in [1.54, 1.807) is 6.21 Å². The van der Waals surface area contributed by atoms with Crippen LogP contribution in [0.15, 0.2) is 27.7 Å². The lowest BCUT2D eigenvalue weighted by molar-refractivity contribution is 0.370. The van der Waals surface area contributed by atoms with E-state index in [9.17, 15) is 5.26 Å². The van der Waals surface area contributed by atoms with Crippen LogP contribution in [0.2, 0.25) is 0 Å². The predicted octanol–water partition coefficient (Wildman–Crippen LogP) is 4.76. The van der Waals surface area contributed by atoms with Crippen LogP contribution in [0.3, 0.4) is 0 Å². The molecule has 0 aliphatic carbocycles. The molecule has 1 aromatic heterocycles. The normalized spacial score (nSPS) is 10.4. The molecule has 0 radical (unpaired) electrons. The lowest BCUT2D eigenvalue weighted by Gasteiger charge is -2.06. The quantitative estimate of drug-likeness (QED) is 0.573. The number of hydrogen-bond acceptors (Lipinski definition) is 4. The molecule has 0 unspecified atom stereocenters. The van der Waals surface area contributed by atoms with E-state index in [0.717, 1.165) is 20.5 Å². The topological polar surface area (TPSA) is 45.4 Å². The molecule has 0 spiro atoms. The van der Waals surface area contributed by atoms with Gasteiger partial charge in [-0.3, -0.25) is 0 Å². The number of nitrogens with zero attached hydrogens (tertiary/aromatic N) is 2. The van der Waals surface area contributed by atoms with Crippen LogP contribution in [0.4, 0.5) is 5.00 Å². The van der Waals surface area contributed by atoms with Crippen molar-refractivity contribution in [3.05, 3.63) is 44.2 Å². The maximum atomic E-state index is 9.25. The van der Waals surface area contributed by atoms with Crippen molar-refractivity contribution in [3.8, 4) is 24.2 Å². The summed E-state index contributed by atoms with van der Waals surface area (Å²) in [6, 6.07) is 7.82. The molecule has 0 bridgehead atoms. The van der Waals surface area contributed by atoms with E-state index in [0.29, 0.717) is 16.3 Å². The smallest absolute Gasteiger partial charge is 0.148 e. The van der Waals surface area contributed by atoms with E-state index in [4.69, 9.17) is 11.2 Å². The molecule has 0 fully saturated rings. The van der Waals surface area contributed by atoms with E-state index >= 15 is 0 Å². The van der Waals surface area contributed by atoms with Crippen molar-refractivity contribution in [3.63, 3.8) is 0 Å². The summed E-state index contributed by atoms with van der Waals surface area (Å²) in [6.45, 7) is 4.12. The van der Waals surface area contributed by atoms with Crippen molar-refractivity contribution in [1.29, 1.82) is 5.26 Å². The molecule has 110 valence electrons. The summed E-state index contributed by atoms with van der Waals surface area (Å²) < 4.78 is 6.42. The van der Waals surface area contributed by atoms with Crippen molar-refractivity contribution in [1.82, 2.24) is 0 Å². The summed E-state index contributed by atoms with van der Waals surface area (Å²) in [5.74, 6) is 3.10. The number of aliphatic imine (C=N–C) groups is 1. The number of benzene rings is 1. The van der Waals surface area contributed by atoms with Gasteiger partial charge in [-0.05, 0) is 37.6 Å². The summed E-state index contributed by atoms with van der Waals surface area (Å²) in [4.78, 5) is 5.56. The van der Waals surface area contributed by atoms with Crippen LogP contribution in [0.25, 0.3) is 0 Å². The van der Waals surface area contributed by atoms with Gasteiger partial charge in [0, 0.05) is 21.1 Å². The van der Waals surface area contributed by atoms with E-state index in [-0.39, 0.29) is 6.61 Å². The molecule has 2 aromatic rings. The summed E-state index contributed by atoms with van der Waals surface area (Å²) in [7, 11) is 0. The van der Waals surface area contributed by atoms with Gasteiger partial charge in [0.1, 0.15) is 23.4 Å². The molecular weight excluding hydrogens is 360 g/mol. The maximum Gasteiger partial charge on any atom is 0.148 e. The van der Waals surface area contributed by atoms with E-state index in [2.05, 4.69) is 32.9 Å². The lowest BCUT2D eigenvalue weighted by Crippen LogP contribution is -1.97. The average molecular weight is 373 g/mol. The highest BCUT2D eigenvalue weighted by Gasteiger charge is 2.11. The van der Waals surface area contributed by atoms with Crippen LogP contribution in [-0.2, 0) is 0 Å². The number of rotatable bonds is 4. The Morgan fingerprint density at radius 3 is 2.91 bits per heavy atom. The van der Waals surface area contributed by atoms with Crippen LogP contribution < -0.4 is 4.74 Å². The Bertz CT molecular complexity index is 809. The molecule has 0 atom stereocenters. The summed E-state index contributed by atoms with van der Waals surface area (Å²) in [5.41, 5.74) is 2.41. The number of nitriles is 1. The maximum absolute atomic E-state index is 9.25. The van der Waals surface area contributed by atoms with Crippen LogP contribution in [0, 0.1) is 37.5 Å². The van der Waals surface area contributed by atoms with Crippen molar-refractivity contribution in [2.75, 3.05) is 6.61 Å². The van der Waals surface area contributed by atoms with Crippen LogP contribution in [0.1, 0.15) is 21.6 Å². The Labute approximate surface area is 142 Å². The molecule has 0 aliphatic rings. The molecule has 0 saturated heterocycles. The monoisotopic (exact) mass is 372 g/mol. The third kappa shape index (κ3) is 3.57. The number of thiophene rings is 1. The fourth-order valence-corrected chi connectivity index (χ4v) is 3.16. The van der Waals surface area contributed by atoms with Gasteiger partial charge in [-0.15, -0.1) is 17.8 Å². The van der Waals surface area contributed by atoms with Crippen molar-refractivity contribution in [2.45, 2.75) is 13.8 Å². The lowest BCUT2D eigenvalue weighted by atomic mass is 10.2. The van der Waals surface area contributed by atoms with Crippen molar-refractivity contribution < 1.29 is 4.74 Å². The highest BCUT2D eigenvalue weighted by Crippen LogP contribution is 2.34. The first-order valence-electron chi connectivity index (χ1n) is 6.46. The third-order valence-corrected chi connectivity index (χ3v) is 4.69. The van der Waals surface area contributed by atoms with Crippen molar-refractivity contribution in [2.24, 2.45) is 4.99 Å². The van der Waals surface area contributed by atoms with Gasteiger partial charge in [-0.25, -0.2) is 4.99 Å². The molecule has 2 rings (SSSR count). The number of aryl methyl sites for hydroxylation is 1. The largest absolute Gasteiger partial charge is 0.480 e. The van der Waals surface area contributed by atoms with Gasteiger partial charge < -0.3 is 4.74 Å². The molecule has 0 saturated carbocycles. The molecule has 5 heteroatoms. The number of ether oxygens (including phenoxy) is 1. The average Bonchev–Trinajstić information content (AvgIpc) is 2.78. The van der Waals surface area contributed by atoms with Crippen molar-refractivity contribution >= 4 is 38.5 Å². The first kappa shape index (κ1) is 16.3. The van der Waals surface area contributed by atoms with Crippen LogP contribution in [-0.4, -0.2) is 12.8 Å². The second-order valence-corrected chi connectivity index (χ2v) is 6.63. The molecule has 3 nitrogen and oxygen atoms in total. The van der Waals surface area contributed by atoms with Crippen LogP contribution in [0.5, 0.6) is 5.75 Å². The Kier molecular flexibility index (Phi) is 5.38. The zero-order valence-electron chi connectivity index (χ0n) is 12.2. The van der Waals surface area contributed by atoms with Gasteiger partial charge in [0.2, 0.25) is 0 Å². The minimum absolute atomic E-state index is 0.198. The second kappa shape index (κ2) is 7.26. The second-order valence-electron chi connectivity index (χ2n) is 4.51. The van der Waals surface area contributed by atoms with Crippen LogP contribution >= 0.6 is 27.3 Å². The van der Waals surface area contributed by atoms with Gasteiger partial charge in [-0.2, -0.15) is 5.26 Å². The standard InChI is InChI=1S/C17H13BrN2OS/c1-4-7-21-16-6-5-14(18)8-13(16)10-20-17-15(9-19)11(2)12(3)22-17/h1,5-6,8,10H,7H2,2-3H3. The first-order valence-corrected chi connectivity index (χ1v) is 8.07. The van der Waals surface area contributed by atoms with Gasteiger partial charge in [-0.1, -0.05) is 21.9 Å². The summed E-state index contributed by atoms with van der Waals surface area (Å²) >= 11 is 4.93. The molecular formula is C17H13BrN2OS. The zero-order chi connectivity index (χ0) is 16.1. The first-order chi connectivity index (χ1) is 10.6. The Morgan fingerprint density at radius 2 is 2.23 bits per heavy atom. The molecule has 1 heterocycles. The van der Waals surface area contributed by atoms with E-state index in [1.165, 1.54) is 11.3 Å². The Hall–Kier alpha value is -2.08. The summed E-state index contributed by atoms with van der Waals surface area (Å²) in [6.07, 6.45) is 6.92. The SMILES string of the molecule is C#CCOc1ccc(Br)cc1C=Nc1sc(C)c(C)c1C#N. The molecule has 0 aliphatic heterocycles. The minimum atomic E-state index is 0.198. The Balaban J connectivity index is 2.38. The highest BCUT2D eigenvalue weighted by molar-refractivity contribution is 9.10. The fourth-order valence-electron chi connectivity index (χ4n) is 1.83. The van der Waals surface area contributed by atoms with Gasteiger partial charge in [0.05, 0.1) is 5.56 Å². The molecule has 0 N–H and O–H groups in total. The molecule has 1 aromatic carbocycles. The van der Waals surface area contributed by atoms with Gasteiger partial charge in [0.15, 0.2) is 0 Å². The highest BCUT2D eigenvalue weighted by atomic mass is 79.9. The fraction of sp³-hybridized carbons (Fsp3) is 0.176.